The molecule has 8 heterocycles. The van der Waals surface area contributed by atoms with E-state index in [2.05, 4.69) is 173 Å². The third kappa shape index (κ3) is 10.5. The highest BCUT2D eigenvalue weighted by molar-refractivity contribution is 6.28. The molecule has 468 valence electrons. The van der Waals surface area contributed by atoms with Gasteiger partial charge >= 0.3 is 0 Å². The van der Waals surface area contributed by atoms with Crippen molar-refractivity contribution in [2.24, 2.45) is 0 Å². The van der Waals surface area contributed by atoms with E-state index < -0.39 is 0 Å². The number of nitrogens with zero attached hydrogens (tertiary/aromatic N) is 8. The van der Waals surface area contributed by atoms with Gasteiger partial charge in [0, 0.05) is 173 Å². The lowest BCUT2D eigenvalue weighted by Crippen LogP contribution is -1.86. The molecular formula is C87H80N8. The molecule has 0 saturated heterocycles. The fraction of sp³-hybridized carbons (Fsp3) is 0.0575. The molecule has 8 nitrogen and oxygen atoms in total. The summed E-state index contributed by atoms with van der Waals surface area (Å²) in [6.07, 6.45) is 24.1. The Bertz CT molecular complexity index is 5530. The molecule has 0 aliphatic carbocycles. The third-order valence-electron chi connectivity index (χ3n) is 18.0. The molecule has 20 rings (SSSR count). The normalized spacial score (nSPS) is 12.9. The Morgan fingerprint density at radius 3 is 0.747 bits per heavy atom. The molecule has 0 N–H and O–H groups in total. The average molecular weight is 1260 g/mol. The molecule has 0 amide bonds. The molecule has 0 bridgehead atoms. The fourth-order valence-electron chi connectivity index (χ4n) is 13.8. The van der Waals surface area contributed by atoms with E-state index in [0.717, 1.165) is 109 Å². The van der Waals surface area contributed by atoms with Crippen molar-refractivity contribution in [2.45, 2.75) is 34.5 Å². The van der Waals surface area contributed by atoms with Crippen molar-refractivity contribution in [1.82, 2.24) is 39.9 Å². The van der Waals surface area contributed by atoms with Crippen molar-refractivity contribution in [3.05, 3.63) is 315 Å². The van der Waals surface area contributed by atoms with Crippen LogP contribution in [0, 0.1) is 34.5 Å². The quantitative estimate of drug-likeness (QED) is 0.138. The van der Waals surface area contributed by atoms with Crippen molar-refractivity contribution >= 4 is 162 Å². The highest BCUT2D eigenvalue weighted by Gasteiger charge is 2.14. The Balaban J connectivity index is 0.000000194. The van der Waals surface area contributed by atoms with Crippen LogP contribution >= 0.6 is 0 Å². The second-order valence-electron chi connectivity index (χ2n) is 23.8. The third-order valence-corrected chi connectivity index (χ3v) is 18.0. The number of fused-ring (bicyclic) bond motifs is 30. The second kappa shape index (κ2) is 24.4. The molecule has 0 aliphatic rings. The Kier molecular flexibility index (Phi) is 11.4. The van der Waals surface area contributed by atoms with Crippen LogP contribution in [0.5, 0.6) is 0 Å². The summed E-state index contributed by atoms with van der Waals surface area (Å²) in [5.74, 6) is 0. The average Bonchev–Trinajstić information content (AvgIpc) is 0.776. The van der Waals surface area contributed by atoms with Crippen molar-refractivity contribution in [1.29, 1.82) is 0 Å². The zero-order chi connectivity index (χ0) is 85.6. The van der Waals surface area contributed by atoms with Crippen LogP contribution in [0.4, 0.5) is 0 Å². The van der Waals surface area contributed by atoms with Crippen LogP contribution in [-0.4, -0.2) is 39.9 Å². The maximum atomic E-state index is 7.57. The predicted molar refractivity (Wildman–Crippen MR) is 420 cm³/mol. The number of pyridine rings is 8. The fourth-order valence-corrected chi connectivity index (χ4v) is 13.8. The van der Waals surface area contributed by atoms with Crippen LogP contribution < -0.4 is 0 Å². The summed E-state index contributed by atoms with van der Waals surface area (Å²) in [6.45, 7) is 1.51. The largest absolute Gasteiger partial charge is 0.264 e. The lowest BCUT2D eigenvalue weighted by atomic mass is 9.96. The Hall–Kier alpha value is -12.3. The van der Waals surface area contributed by atoms with Gasteiger partial charge in [0.15, 0.2) is 0 Å². The van der Waals surface area contributed by atoms with Gasteiger partial charge in [-0.15, -0.1) is 0 Å². The molecule has 0 radical (unpaired) electrons. The molecule has 8 heteroatoms. The Morgan fingerprint density at radius 1 is 0.200 bits per heavy atom. The minimum atomic E-state index is 0.294. The maximum Gasteiger partial charge on any atom is 0.0787 e. The Morgan fingerprint density at radius 2 is 0.400 bits per heavy atom. The highest BCUT2D eigenvalue weighted by atomic mass is 14.7. The first-order valence-corrected chi connectivity index (χ1v) is 31.3. The van der Waals surface area contributed by atoms with Crippen molar-refractivity contribution in [2.75, 3.05) is 0 Å². The van der Waals surface area contributed by atoms with Crippen molar-refractivity contribution < 1.29 is 33.6 Å². The summed E-state index contributed by atoms with van der Waals surface area (Å²) in [7, 11) is 0. The summed E-state index contributed by atoms with van der Waals surface area (Å²) in [5.41, 5.74) is 8.24. The minimum absolute atomic E-state index is 0.294. The topological polar surface area (TPSA) is 103 Å². The number of aryl methyl sites for hydroxylation is 5. The smallest absolute Gasteiger partial charge is 0.0787 e. The molecule has 0 atom stereocenters. The number of hydrogen-bond donors (Lipinski definition) is 0. The maximum absolute atomic E-state index is 7.57. The lowest BCUT2D eigenvalue weighted by molar-refractivity contribution is 1.35. The zero-order valence-corrected chi connectivity index (χ0v) is 51.7. The number of rotatable bonds is 0. The molecule has 0 saturated carbocycles. The molecule has 0 spiro atoms. The number of aromatic nitrogens is 8. The standard InChI is InChI=1S/2C18H13N.3C17H12N2.9H2/c2*1-12-8-9-14-13-5-2-3-6-15(13)18-16(17(14)11-12)7-4-10-19-18;1-11-2-3-12-13-4-6-18-9-16(13)14-5-7-19-10-17(14)15(12)8-11;1-11-2-3-12-13-4-6-18-9-16(13)17-10-19-7-5-14(17)15(12)8-11;1-11-4-5-12-13-3-2-7-19-17(13)14-6-8-18-10-16(14)15(12)9-11;;;;;;;;;/h2*2-11H,1H3;3*2-10H,1H3;9*1H/i5*1D;9*1+1D. The summed E-state index contributed by atoms with van der Waals surface area (Å²) in [6, 6.07) is 70.5. The van der Waals surface area contributed by atoms with E-state index in [4.69, 9.17) is 33.6 Å². The first-order chi connectivity index (χ1) is 58.4. The lowest BCUT2D eigenvalue weighted by Gasteiger charge is -2.09. The molecule has 20 aromatic rings. The van der Waals surface area contributed by atoms with Gasteiger partial charge in [0.25, 0.3) is 0 Å². The number of hydrogen-bond acceptors (Lipinski definition) is 8. The molecule has 12 aromatic carbocycles. The van der Waals surface area contributed by atoms with Gasteiger partial charge in [-0.05, 0) is 169 Å². The van der Waals surface area contributed by atoms with E-state index in [9.17, 15) is 0 Å². The van der Waals surface area contributed by atoms with Crippen LogP contribution in [0.25, 0.3) is 162 Å². The van der Waals surface area contributed by atoms with Crippen LogP contribution in [0.2, 0.25) is 0 Å². The van der Waals surface area contributed by atoms with Gasteiger partial charge in [-0.2, -0.15) is 0 Å². The first kappa shape index (κ1) is 44.3. The number of benzene rings is 12. The van der Waals surface area contributed by atoms with Gasteiger partial charge < -0.3 is 0 Å². The molecule has 8 aromatic heterocycles. The Labute approximate surface area is 582 Å². The molecule has 0 unspecified atom stereocenters. The SMILES string of the molecule is [2H]Cc1ccc2c(c1)c1cnccc1c1ncccc21.[2H]Cc1ccc2c3ccccc3c3ncccc3c2c1.[2H]Cc1ccc2c3ccccc3c3ncccc3c2c1.[2H]Cc1ccc2c3ccncc3c3ccncc3c2c1.[2H]Cc1ccc2c3ccncc3c3cnccc3c2c1.[2H][2H].[2H][2H].[2H][2H].[2H][2H].[2H][2H].[2H][2H].[2H][2H].[2H][2H].[2H][2H]. The van der Waals surface area contributed by atoms with Crippen molar-refractivity contribution in [3.8, 4) is 0 Å². The minimum Gasteiger partial charge on any atom is -0.264 e. The summed E-state index contributed by atoms with van der Waals surface area (Å²) >= 11 is 0. The zero-order valence-electron chi connectivity index (χ0n) is 74.7. The van der Waals surface area contributed by atoms with Crippen LogP contribution in [0.15, 0.2) is 287 Å². The van der Waals surface area contributed by atoms with Gasteiger partial charge in [-0.25, -0.2) is 0 Å². The van der Waals surface area contributed by atoms with E-state index in [1.165, 1.54) is 80.8 Å². The van der Waals surface area contributed by atoms with E-state index in [1.807, 2.05) is 147 Å². The molecular weight excluding hydrogens is 1160 g/mol. The monoisotopic (exact) mass is 1260 g/mol. The van der Waals surface area contributed by atoms with E-state index in [1.54, 1.807) is 6.20 Å². The van der Waals surface area contributed by atoms with Gasteiger partial charge in [0.05, 0.1) is 16.6 Å². The van der Waals surface area contributed by atoms with Crippen LogP contribution in [0.3, 0.4) is 0 Å². The molecule has 0 fully saturated rings. The van der Waals surface area contributed by atoms with E-state index in [-0.39, 0.29) is 0 Å². The summed E-state index contributed by atoms with van der Waals surface area (Å²) in [5, 5.41) is 31.7. The van der Waals surface area contributed by atoms with Gasteiger partial charge in [0.2, 0.25) is 0 Å². The van der Waals surface area contributed by atoms with Gasteiger partial charge in [-0.3, -0.25) is 39.9 Å². The second-order valence-corrected chi connectivity index (χ2v) is 23.8. The van der Waals surface area contributed by atoms with Gasteiger partial charge in [0.1, 0.15) is 0 Å². The van der Waals surface area contributed by atoms with Crippen LogP contribution in [0.1, 0.15) is 61.4 Å². The van der Waals surface area contributed by atoms with Crippen LogP contribution in [-0.2, 0) is 0 Å². The van der Waals surface area contributed by atoms with Gasteiger partial charge in [-0.1, -0.05) is 186 Å². The summed E-state index contributed by atoms with van der Waals surface area (Å²) < 4.78 is 128. The predicted octanol–water partition coefficient (Wildman–Crippen LogP) is 24.6. The van der Waals surface area contributed by atoms with E-state index >= 15 is 0 Å². The van der Waals surface area contributed by atoms with E-state index in [0.29, 0.717) is 34.5 Å². The molecule has 0 aliphatic heterocycles. The summed E-state index contributed by atoms with van der Waals surface area (Å²) in [4.78, 5) is 34.9. The molecule has 95 heavy (non-hydrogen) atoms. The van der Waals surface area contributed by atoms with Crippen molar-refractivity contribution in [3.63, 3.8) is 0 Å². The first-order valence-electron chi connectivity index (χ1n) is 43.8. The highest BCUT2D eigenvalue weighted by Crippen LogP contribution is 2.39.